The SMILES string of the molecule is CNC(=O)NC(=O)C(C)Sc1nnnn1-c1cccc(F)c1. The van der Waals surface area contributed by atoms with E-state index in [0.717, 1.165) is 11.8 Å². The molecule has 0 aliphatic heterocycles. The molecule has 0 radical (unpaired) electrons. The van der Waals surface area contributed by atoms with Gasteiger partial charge in [0.15, 0.2) is 0 Å². The first-order chi connectivity index (χ1) is 10.5. The summed E-state index contributed by atoms with van der Waals surface area (Å²) >= 11 is 1.05. The molecule has 2 rings (SSSR count). The minimum Gasteiger partial charge on any atom is -0.341 e. The molecule has 2 aromatic rings. The van der Waals surface area contributed by atoms with Gasteiger partial charge in [-0.15, -0.1) is 5.10 Å². The Kier molecular flexibility index (Phi) is 5.04. The van der Waals surface area contributed by atoms with E-state index in [0.29, 0.717) is 10.8 Å². The average Bonchev–Trinajstić information content (AvgIpc) is 2.95. The van der Waals surface area contributed by atoms with Crippen LogP contribution in [-0.4, -0.2) is 44.4 Å². The Morgan fingerprint density at radius 1 is 1.41 bits per heavy atom. The van der Waals surface area contributed by atoms with E-state index < -0.39 is 23.0 Å². The Labute approximate surface area is 129 Å². The zero-order chi connectivity index (χ0) is 16.1. The van der Waals surface area contributed by atoms with Gasteiger partial charge in [-0.25, -0.2) is 9.18 Å². The number of imide groups is 1. The van der Waals surface area contributed by atoms with Crippen LogP contribution >= 0.6 is 11.8 Å². The van der Waals surface area contributed by atoms with Gasteiger partial charge in [-0.3, -0.25) is 10.1 Å². The Balaban J connectivity index is 2.13. The monoisotopic (exact) mass is 324 g/mol. The number of tetrazole rings is 1. The Bertz CT molecular complexity index is 692. The maximum atomic E-state index is 13.3. The first kappa shape index (κ1) is 15.9. The lowest BCUT2D eigenvalue weighted by molar-refractivity contribution is -0.119. The summed E-state index contributed by atoms with van der Waals surface area (Å²) in [6.45, 7) is 1.60. The van der Waals surface area contributed by atoms with Gasteiger partial charge in [-0.2, -0.15) is 4.68 Å². The molecule has 0 aliphatic rings. The van der Waals surface area contributed by atoms with Crippen LogP contribution in [0.25, 0.3) is 5.69 Å². The molecular formula is C12H13FN6O2S. The molecule has 0 aliphatic carbocycles. The van der Waals surface area contributed by atoms with Crippen molar-refractivity contribution in [2.75, 3.05) is 7.05 Å². The zero-order valence-electron chi connectivity index (χ0n) is 11.8. The number of carbonyl (C=O) groups excluding carboxylic acids is 2. The van der Waals surface area contributed by atoms with Crippen LogP contribution in [0.4, 0.5) is 9.18 Å². The van der Waals surface area contributed by atoms with Crippen molar-refractivity contribution in [3.05, 3.63) is 30.1 Å². The van der Waals surface area contributed by atoms with Crippen molar-refractivity contribution in [1.82, 2.24) is 30.8 Å². The number of amides is 3. The molecule has 1 aromatic carbocycles. The number of hydrogen-bond donors (Lipinski definition) is 2. The first-order valence-electron chi connectivity index (χ1n) is 6.25. The fraction of sp³-hybridized carbons (Fsp3) is 0.250. The molecule has 3 amide bonds. The topological polar surface area (TPSA) is 102 Å². The van der Waals surface area contributed by atoms with E-state index in [-0.39, 0.29) is 0 Å². The number of aromatic nitrogens is 4. The van der Waals surface area contributed by atoms with Crippen LogP contribution in [-0.2, 0) is 4.79 Å². The summed E-state index contributed by atoms with van der Waals surface area (Å²) in [7, 11) is 1.41. The molecule has 22 heavy (non-hydrogen) atoms. The second-order valence-electron chi connectivity index (χ2n) is 4.18. The second-order valence-corrected chi connectivity index (χ2v) is 5.49. The predicted octanol–water partition coefficient (Wildman–Crippen LogP) is 0.738. The van der Waals surface area contributed by atoms with Crippen LogP contribution in [0, 0.1) is 5.82 Å². The second kappa shape index (κ2) is 6.98. The number of rotatable bonds is 4. The lowest BCUT2D eigenvalue weighted by Gasteiger charge is -2.10. The van der Waals surface area contributed by atoms with Gasteiger partial charge in [-0.05, 0) is 35.5 Å². The third kappa shape index (κ3) is 3.79. The third-order valence-corrected chi connectivity index (χ3v) is 3.64. The number of thioether (sulfide) groups is 1. The lowest BCUT2D eigenvalue weighted by atomic mass is 10.3. The standard InChI is InChI=1S/C12H13FN6O2S/c1-7(10(20)15-11(21)14-2)22-12-16-17-18-19(12)9-5-3-4-8(13)6-9/h3-7H,1-2H3,(H2,14,15,20,21). The van der Waals surface area contributed by atoms with Crippen LogP contribution in [0.5, 0.6) is 0 Å². The normalized spacial score (nSPS) is 11.8. The van der Waals surface area contributed by atoms with Crippen molar-refractivity contribution in [2.45, 2.75) is 17.3 Å². The number of urea groups is 1. The van der Waals surface area contributed by atoms with Crippen molar-refractivity contribution in [3.8, 4) is 5.69 Å². The molecule has 0 bridgehead atoms. The summed E-state index contributed by atoms with van der Waals surface area (Å²) in [5.41, 5.74) is 0.436. The number of halogens is 1. The molecule has 2 N–H and O–H groups in total. The van der Waals surface area contributed by atoms with E-state index in [1.165, 1.54) is 29.9 Å². The van der Waals surface area contributed by atoms with Crippen LogP contribution < -0.4 is 10.6 Å². The highest BCUT2D eigenvalue weighted by atomic mass is 32.2. The van der Waals surface area contributed by atoms with Gasteiger partial charge < -0.3 is 5.32 Å². The van der Waals surface area contributed by atoms with Crippen molar-refractivity contribution >= 4 is 23.7 Å². The van der Waals surface area contributed by atoms with Gasteiger partial charge in [-0.1, -0.05) is 17.8 Å². The van der Waals surface area contributed by atoms with Gasteiger partial charge in [0.2, 0.25) is 11.1 Å². The molecule has 0 spiro atoms. The lowest BCUT2D eigenvalue weighted by Crippen LogP contribution is -2.41. The minimum absolute atomic E-state index is 0.310. The van der Waals surface area contributed by atoms with Gasteiger partial charge in [0.05, 0.1) is 10.9 Å². The highest BCUT2D eigenvalue weighted by Gasteiger charge is 2.20. The number of nitrogens with one attached hydrogen (secondary N) is 2. The van der Waals surface area contributed by atoms with Crippen molar-refractivity contribution in [3.63, 3.8) is 0 Å². The Morgan fingerprint density at radius 3 is 2.86 bits per heavy atom. The highest BCUT2D eigenvalue weighted by Crippen LogP contribution is 2.23. The molecule has 1 unspecified atom stereocenters. The quantitative estimate of drug-likeness (QED) is 0.804. The molecule has 0 fully saturated rings. The van der Waals surface area contributed by atoms with E-state index >= 15 is 0 Å². The van der Waals surface area contributed by atoms with Gasteiger partial charge in [0, 0.05) is 7.05 Å². The van der Waals surface area contributed by atoms with Crippen LogP contribution in [0.2, 0.25) is 0 Å². The van der Waals surface area contributed by atoms with E-state index in [1.807, 2.05) is 0 Å². The van der Waals surface area contributed by atoms with E-state index in [4.69, 9.17) is 0 Å². The molecule has 0 saturated heterocycles. The Hall–Kier alpha value is -2.49. The van der Waals surface area contributed by atoms with Crippen molar-refractivity contribution in [2.24, 2.45) is 0 Å². The third-order valence-electron chi connectivity index (χ3n) is 2.61. The van der Waals surface area contributed by atoms with Gasteiger partial charge in [0.1, 0.15) is 5.82 Å². The van der Waals surface area contributed by atoms with Crippen LogP contribution in [0.1, 0.15) is 6.92 Å². The fourth-order valence-electron chi connectivity index (χ4n) is 1.51. The summed E-state index contributed by atoms with van der Waals surface area (Å²) in [5.74, 6) is -0.910. The Morgan fingerprint density at radius 2 is 2.18 bits per heavy atom. The number of benzene rings is 1. The molecule has 116 valence electrons. The summed E-state index contributed by atoms with van der Waals surface area (Å²) < 4.78 is 14.6. The molecule has 1 aromatic heterocycles. The molecule has 1 heterocycles. The minimum atomic E-state index is -0.615. The largest absolute Gasteiger partial charge is 0.341 e. The van der Waals surface area contributed by atoms with Crippen molar-refractivity contribution < 1.29 is 14.0 Å². The molecule has 10 heteroatoms. The summed E-state index contributed by atoms with van der Waals surface area (Å²) in [6.07, 6.45) is 0. The first-order valence-corrected chi connectivity index (χ1v) is 7.12. The fourth-order valence-corrected chi connectivity index (χ4v) is 2.32. The molecule has 1 atom stereocenters. The summed E-state index contributed by atoms with van der Waals surface area (Å²) in [5, 5.41) is 15.2. The average molecular weight is 324 g/mol. The van der Waals surface area contributed by atoms with E-state index in [2.05, 4.69) is 26.2 Å². The predicted molar refractivity (Wildman–Crippen MR) is 77.0 cm³/mol. The number of carbonyl (C=O) groups is 2. The van der Waals surface area contributed by atoms with Gasteiger partial charge >= 0.3 is 6.03 Å². The molecule has 8 nitrogen and oxygen atoms in total. The summed E-state index contributed by atoms with van der Waals surface area (Å²) in [4.78, 5) is 22.9. The number of hydrogen-bond acceptors (Lipinski definition) is 6. The maximum absolute atomic E-state index is 13.3. The molecule has 0 saturated carbocycles. The molecular weight excluding hydrogens is 311 g/mol. The number of nitrogens with zero attached hydrogens (tertiary/aromatic N) is 4. The van der Waals surface area contributed by atoms with E-state index in [9.17, 15) is 14.0 Å². The van der Waals surface area contributed by atoms with Crippen molar-refractivity contribution in [1.29, 1.82) is 0 Å². The van der Waals surface area contributed by atoms with Crippen LogP contribution in [0.3, 0.4) is 0 Å². The summed E-state index contributed by atoms with van der Waals surface area (Å²) in [6, 6.07) is 5.15. The van der Waals surface area contributed by atoms with Gasteiger partial charge in [0.25, 0.3) is 0 Å². The van der Waals surface area contributed by atoms with E-state index in [1.54, 1.807) is 13.0 Å². The maximum Gasteiger partial charge on any atom is 0.321 e. The van der Waals surface area contributed by atoms with Crippen LogP contribution in [0.15, 0.2) is 29.4 Å². The smallest absolute Gasteiger partial charge is 0.321 e. The zero-order valence-corrected chi connectivity index (χ0v) is 12.6. The highest BCUT2D eigenvalue weighted by molar-refractivity contribution is 8.00.